The first kappa shape index (κ1) is 16.5. The van der Waals surface area contributed by atoms with Crippen LogP contribution in [0.25, 0.3) is 10.9 Å². The van der Waals surface area contributed by atoms with E-state index in [0.717, 1.165) is 0 Å². The Labute approximate surface area is 142 Å². The molecule has 0 aliphatic rings. The number of benzene rings is 2. The van der Waals surface area contributed by atoms with Crippen LogP contribution in [0.5, 0.6) is 5.88 Å². The maximum absolute atomic E-state index is 11.2. The number of aromatic amines is 1. The van der Waals surface area contributed by atoms with Gasteiger partial charge in [0.1, 0.15) is 0 Å². The van der Waals surface area contributed by atoms with Crippen LogP contribution in [0, 0.1) is 10.1 Å². The molecular formula is C14H13N5O5S. The van der Waals surface area contributed by atoms with E-state index in [0.29, 0.717) is 16.6 Å². The minimum absolute atomic E-state index is 0. The molecule has 0 aliphatic heterocycles. The molecule has 0 unspecified atom stereocenters. The van der Waals surface area contributed by atoms with Gasteiger partial charge in [-0.1, -0.05) is 0 Å². The van der Waals surface area contributed by atoms with E-state index in [2.05, 4.69) is 15.2 Å². The van der Waals surface area contributed by atoms with E-state index < -0.39 is 14.9 Å². The molecule has 0 atom stereocenters. The highest BCUT2D eigenvalue weighted by Gasteiger charge is 2.15. The van der Waals surface area contributed by atoms with Crippen molar-refractivity contribution in [3.63, 3.8) is 0 Å². The lowest BCUT2D eigenvalue weighted by Gasteiger charge is -1.98. The Morgan fingerprint density at radius 1 is 1.16 bits per heavy atom. The number of H-pyrrole nitrogens is 1. The van der Waals surface area contributed by atoms with Crippen molar-refractivity contribution < 1.29 is 19.9 Å². The molecule has 25 heavy (non-hydrogen) atoms. The molecule has 0 spiro atoms. The predicted octanol–water partition coefficient (Wildman–Crippen LogP) is 3.09. The molecule has 10 nitrogen and oxygen atoms in total. The first-order valence-corrected chi connectivity index (χ1v) is 8.34. The highest BCUT2D eigenvalue weighted by molar-refractivity contribution is 7.89. The monoisotopic (exact) mass is 363 g/mol. The molecule has 0 saturated heterocycles. The van der Waals surface area contributed by atoms with Gasteiger partial charge in [-0.2, -0.15) is 5.11 Å². The molecule has 0 aliphatic carbocycles. The number of nitrogens with two attached hydrogens (primary N) is 1. The van der Waals surface area contributed by atoms with Crippen LogP contribution in [0.15, 0.2) is 57.6 Å². The van der Waals surface area contributed by atoms with Crippen molar-refractivity contribution in [1.29, 1.82) is 0 Å². The van der Waals surface area contributed by atoms with Gasteiger partial charge in [-0.05, 0) is 30.3 Å². The lowest BCUT2D eigenvalue weighted by atomic mass is 10.2. The van der Waals surface area contributed by atoms with Gasteiger partial charge >= 0.3 is 0 Å². The summed E-state index contributed by atoms with van der Waals surface area (Å²) in [7, 11) is -3.81. The maximum Gasteiger partial charge on any atom is 0.270 e. The molecule has 0 radical (unpaired) electrons. The van der Waals surface area contributed by atoms with Crippen LogP contribution in [0.4, 0.5) is 17.1 Å². The van der Waals surface area contributed by atoms with Crippen molar-refractivity contribution in [3.8, 4) is 5.88 Å². The number of sulfonamides is 1. The number of fused-ring (bicyclic) bond motifs is 1. The van der Waals surface area contributed by atoms with Gasteiger partial charge in [0.05, 0.1) is 21.0 Å². The molecule has 0 fully saturated rings. The van der Waals surface area contributed by atoms with Gasteiger partial charge in [-0.15, -0.1) is 5.11 Å². The predicted molar refractivity (Wildman–Crippen MR) is 90.7 cm³/mol. The Bertz CT molecular complexity index is 1110. The number of azo groups is 1. The number of primary sulfonamides is 1. The zero-order chi connectivity index (χ0) is 18.2. The fourth-order valence-corrected chi connectivity index (χ4v) is 2.69. The lowest BCUT2D eigenvalue weighted by molar-refractivity contribution is -0.384. The van der Waals surface area contributed by atoms with Gasteiger partial charge in [0.25, 0.3) is 5.69 Å². The molecule has 0 saturated carbocycles. The summed E-state index contributed by atoms with van der Waals surface area (Å²) in [5.74, 6) is -0.291. The molecule has 3 aromatic rings. The summed E-state index contributed by atoms with van der Waals surface area (Å²) in [6, 6.07) is 9.32. The number of rotatable bonds is 4. The normalized spacial score (nSPS) is 12.0. The van der Waals surface area contributed by atoms with Crippen LogP contribution in [0.3, 0.4) is 0 Å². The molecule has 130 valence electrons. The molecule has 0 bridgehead atoms. The standard InChI is InChI=1S/C14H11N5O5S.H2/c15-25(23,24)10-4-1-8(2-5-10)17-18-13-11-7-9(19(21)22)3-6-12(11)16-14(13)20;/h1-7,16,20H,(H2,15,23,24);1H. The van der Waals surface area contributed by atoms with Gasteiger partial charge in [-0.3, -0.25) is 10.1 Å². The zero-order valence-electron chi connectivity index (χ0n) is 12.4. The molecule has 1 heterocycles. The molecule has 3 rings (SSSR count). The minimum Gasteiger partial charge on any atom is -0.493 e. The molecule has 4 N–H and O–H groups in total. The summed E-state index contributed by atoms with van der Waals surface area (Å²) >= 11 is 0. The van der Waals surface area contributed by atoms with Crippen molar-refractivity contribution in [1.82, 2.24) is 4.98 Å². The number of nitrogens with zero attached hydrogens (tertiary/aromatic N) is 3. The topological polar surface area (TPSA) is 164 Å². The largest absolute Gasteiger partial charge is 0.493 e. The Morgan fingerprint density at radius 2 is 1.84 bits per heavy atom. The second kappa shape index (κ2) is 5.96. The molecule has 11 heteroatoms. The van der Waals surface area contributed by atoms with Crippen molar-refractivity contribution in [2.45, 2.75) is 4.90 Å². The average molecular weight is 363 g/mol. The van der Waals surface area contributed by atoms with E-state index in [-0.39, 0.29) is 23.6 Å². The SMILES string of the molecule is NS(=O)(=O)c1ccc(N=Nc2c(O)[nH]c3ccc([N+](=O)[O-])cc23)cc1.[HH]. The van der Waals surface area contributed by atoms with E-state index in [1.54, 1.807) is 0 Å². The van der Waals surface area contributed by atoms with E-state index in [9.17, 15) is 23.6 Å². The minimum atomic E-state index is -3.81. The second-order valence-electron chi connectivity index (χ2n) is 5.05. The summed E-state index contributed by atoms with van der Waals surface area (Å²) in [5.41, 5.74) is 0.655. The number of non-ortho nitro benzene ring substituents is 1. The van der Waals surface area contributed by atoms with Crippen molar-refractivity contribution in [2.75, 3.05) is 0 Å². The Kier molecular flexibility index (Phi) is 3.94. The van der Waals surface area contributed by atoms with Crippen molar-refractivity contribution >= 4 is 38.0 Å². The summed E-state index contributed by atoms with van der Waals surface area (Å²) in [6.07, 6.45) is 0. The van der Waals surface area contributed by atoms with Gasteiger partial charge in [-0.25, -0.2) is 13.6 Å². The van der Waals surface area contributed by atoms with Crippen LogP contribution in [0.2, 0.25) is 0 Å². The Balaban J connectivity index is 0.00000243. The van der Waals surface area contributed by atoms with E-state index in [4.69, 9.17) is 5.14 Å². The number of nitro groups is 1. The van der Waals surface area contributed by atoms with Crippen LogP contribution in [-0.2, 0) is 10.0 Å². The maximum atomic E-state index is 11.2. The Morgan fingerprint density at radius 3 is 2.44 bits per heavy atom. The van der Waals surface area contributed by atoms with E-state index in [1.165, 1.54) is 42.5 Å². The molecule has 1 aromatic heterocycles. The van der Waals surface area contributed by atoms with E-state index >= 15 is 0 Å². The van der Waals surface area contributed by atoms with Gasteiger partial charge in [0.15, 0.2) is 5.69 Å². The van der Waals surface area contributed by atoms with Crippen molar-refractivity contribution in [3.05, 3.63) is 52.6 Å². The number of aromatic hydroxyl groups is 1. The highest BCUT2D eigenvalue weighted by Crippen LogP contribution is 2.37. The molecule has 0 amide bonds. The summed E-state index contributed by atoms with van der Waals surface area (Å²) in [4.78, 5) is 12.9. The number of hydrogen-bond donors (Lipinski definition) is 3. The lowest BCUT2D eigenvalue weighted by Crippen LogP contribution is -2.11. The number of nitrogens with one attached hydrogen (secondary N) is 1. The quantitative estimate of drug-likeness (QED) is 0.367. The number of nitro benzene ring substituents is 1. The summed E-state index contributed by atoms with van der Waals surface area (Å²) in [6.45, 7) is 0. The van der Waals surface area contributed by atoms with Crippen LogP contribution in [-0.4, -0.2) is 23.4 Å². The number of hydrogen-bond acceptors (Lipinski definition) is 7. The first-order valence-electron chi connectivity index (χ1n) is 6.79. The third-order valence-electron chi connectivity index (χ3n) is 3.38. The third kappa shape index (κ3) is 3.32. The van der Waals surface area contributed by atoms with Gasteiger partial charge in [0, 0.05) is 18.9 Å². The van der Waals surface area contributed by atoms with Crippen LogP contribution >= 0.6 is 0 Å². The molecule has 2 aromatic carbocycles. The fraction of sp³-hybridized carbons (Fsp3) is 0. The summed E-state index contributed by atoms with van der Waals surface area (Å²) < 4.78 is 22.4. The van der Waals surface area contributed by atoms with Crippen molar-refractivity contribution in [2.24, 2.45) is 15.4 Å². The zero-order valence-corrected chi connectivity index (χ0v) is 13.3. The first-order chi connectivity index (χ1) is 11.8. The Hall–Kier alpha value is -3.31. The average Bonchev–Trinajstić information content (AvgIpc) is 2.87. The van der Waals surface area contributed by atoms with Gasteiger partial charge < -0.3 is 10.1 Å². The third-order valence-corrected chi connectivity index (χ3v) is 4.31. The smallest absolute Gasteiger partial charge is 0.270 e. The number of aromatic nitrogens is 1. The highest BCUT2D eigenvalue weighted by atomic mass is 32.2. The second-order valence-corrected chi connectivity index (χ2v) is 6.61. The van der Waals surface area contributed by atoms with Gasteiger partial charge in [0.2, 0.25) is 15.9 Å². The fourth-order valence-electron chi connectivity index (χ4n) is 2.18. The van der Waals surface area contributed by atoms with Crippen LogP contribution in [0.1, 0.15) is 1.43 Å². The summed E-state index contributed by atoms with van der Waals surface area (Å²) in [5, 5.41) is 33.9. The van der Waals surface area contributed by atoms with Crippen LogP contribution < -0.4 is 5.14 Å². The van der Waals surface area contributed by atoms with E-state index in [1.807, 2.05) is 0 Å². The molecular weight excluding hydrogens is 350 g/mol.